The van der Waals surface area contributed by atoms with Crippen LogP contribution in [0.4, 0.5) is 0 Å². The van der Waals surface area contributed by atoms with Crippen molar-refractivity contribution in [3.05, 3.63) is 59.0 Å². The van der Waals surface area contributed by atoms with Crippen LogP contribution < -0.4 is 0 Å². The number of carboxylic acids is 1. The molecule has 0 aliphatic rings. The summed E-state index contributed by atoms with van der Waals surface area (Å²) < 4.78 is 5.29. The summed E-state index contributed by atoms with van der Waals surface area (Å²) in [5.74, 6) is 0.00671. The van der Waals surface area contributed by atoms with Gasteiger partial charge in [-0.2, -0.15) is 0 Å². The van der Waals surface area contributed by atoms with Gasteiger partial charge in [-0.15, -0.1) is 0 Å². The van der Waals surface area contributed by atoms with Crippen LogP contribution in [0, 0.1) is 6.92 Å². The minimum atomic E-state index is -0.890. The molecule has 2 rings (SSSR count). The number of aromatic carboxylic acids is 1. The Labute approximate surface area is 112 Å². The predicted molar refractivity (Wildman–Crippen MR) is 72.0 cm³/mol. The lowest BCUT2D eigenvalue weighted by molar-refractivity contribution is 0.0696. The number of hydrogen-bond donors (Lipinski definition) is 1. The van der Waals surface area contributed by atoms with Gasteiger partial charge in [0.15, 0.2) is 0 Å². The number of furan rings is 1. The summed E-state index contributed by atoms with van der Waals surface area (Å²) >= 11 is 0. The lowest BCUT2D eigenvalue weighted by Gasteiger charge is -2.16. The van der Waals surface area contributed by atoms with Crippen molar-refractivity contribution in [3.63, 3.8) is 0 Å². The number of nitrogens with zero attached hydrogens (tertiary/aromatic N) is 1. The van der Waals surface area contributed by atoms with Crippen molar-refractivity contribution in [3.8, 4) is 0 Å². The highest BCUT2D eigenvalue weighted by molar-refractivity contribution is 5.88. The van der Waals surface area contributed by atoms with Crippen molar-refractivity contribution in [1.29, 1.82) is 0 Å². The van der Waals surface area contributed by atoms with E-state index in [0.29, 0.717) is 18.7 Å². The fraction of sp³-hybridized carbons (Fsp3) is 0.267. The lowest BCUT2D eigenvalue weighted by Crippen LogP contribution is -2.17. The molecule has 2 aromatic rings. The number of benzene rings is 1. The van der Waals surface area contributed by atoms with E-state index in [1.807, 2.05) is 32.2 Å². The maximum atomic E-state index is 11.0. The highest BCUT2D eigenvalue weighted by Crippen LogP contribution is 2.13. The molecule has 0 spiro atoms. The van der Waals surface area contributed by atoms with Crippen molar-refractivity contribution in [2.24, 2.45) is 0 Å². The predicted octanol–water partition coefficient (Wildman–Crippen LogP) is 2.92. The van der Waals surface area contributed by atoms with E-state index in [0.717, 1.165) is 16.9 Å². The van der Waals surface area contributed by atoms with Crippen LogP contribution in [0.5, 0.6) is 0 Å². The molecule has 0 aliphatic carbocycles. The smallest absolute Gasteiger partial charge is 0.335 e. The quantitative estimate of drug-likeness (QED) is 0.897. The monoisotopic (exact) mass is 259 g/mol. The summed E-state index contributed by atoms with van der Waals surface area (Å²) in [6.07, 6.45) is 1.65. The second-order valence-corrected chi connectivity index (χ2v) is 4.76. The van der Waals surface area contributed by atoms with Gasteiger partial charge >= 0.3 is 5.97 Å². The molecule has 0 aliphatic heterocycles. The SMILES string of the molecule is Cc1cc(CN(C)Cc2ccco2)cc(C(=O)O)c1. The molecule has 4 nitrogen and oxygen atoms in total. The van der Waals surface area contributed by atoms with Crippen LogP contribution in [0.3, 0.4) is 0 Å². The van der Waals surface area contributed by atoms with Gasteiger partial charge in [0.2, 0.25) is 0 Å². The van der Waals surface area contributed by atoms with Crippen LogP contribution in [0.2, 0.25) is 0 Å². The van der Waals surface area contributed by atoms with Gasteiger partial charge in [-0.3, -0.25) is 4.90 Å². The molecule has 0 radical (unpaired) electrons. The third kappa shape index (κ3) is 3.69. The Kier molecular flexibility index (Phi) is 4.02. The second-order valence-electron chi connectivity index (χ2n) is 4.76. The molecule has 0 saturated heterocycles. The van der Waals surface area contributed by atoms with Crippen LogP contribution in [0.15, 0.2) is 41.0 Å². The number of hydrogen-bond acceptors (Lipinski definition) is 3. The molecule has 4 heteroatoms. The van der Waals surface area contributed by atoms with Crippen LogP contribution in [0.1, 0.15) is 27.2 Å². The zero-order valence-electron chi connectivity index (χ0n) is 11.1. The fourth-order valence-corrected chi connectivity index (χ4v) is 2.11. The average molecular weight is 259 g/mol. The molecule has 1 heterocycles. The standard InChI is InChI=1S/C15H17NO3/c1-11-6-12(8-13(7-11)15(17)18)9-16(2)10-14-4-3-5-19-14/h3-8H,9-10H2,1-2H3,(H,17,18). The third-order valence-electron chi connectivity index (χ3n) is 2.84. The molecular formula is C15H17NO3. The van der Waals surface area contributed by atoms with E-state index >= 15 is 0 Å². The van der Waals surface area contributed by atoms with Crippen molar-refractivity contribution < 1.29 is 14.3 Å². The molecule has 1 N–H and O–H groups in total. The van der Waals surface area contributed by atoms with Crippen LogP contribution in [-0.4, -0.2) is 23.0 Å². The zero-order chi connectivity index (χ0) is 13.8. The first-order valence-electron chi connectivity index (χ1n) is 6.09. The third-order valence-corrected chi connectivity index (χ3v) is 2.84. The highest BCUT2D eigenvalue weighted by Gasteiger charge is 2.08. The molecule has 0 unspecified atom stereocenters. The number of aryl methyl sites for hydroxylation is 1. The molecule has 19 heavy (non-hydrogen) atoms. The van der Waals surface area contributed by atoms with Gasteiger partial charge in [0.25, 0.3) is 0 Å². The van der Waals surface area contributed by atoms with E-state index in [4.69, 9.17) is 9.52 Å². The van der Waals surface area contributed by atoms with Gasteiger partial charge in [-0.1, -0.05) is 6.07 Å². The molecule has 0 atom stereocenters. The van der Waals surface area contributed by atoms with Gasteiger partial charge < -0.3 is 9.52 Å². The van der Waals surface area contributed by atoms with Gasteiger partial charge in [0.1, 0.15) is 5.76 Å². The minimum Gasteiger partial charge on any atom is -0.478 e. The highest BCUT2D eigenvalue weighted by atomic mass is 16.4. The van der Waals surface area contributed by atoms with Crippen molar-refractivity contribution in [2.45, 2.75) is 20.0 Å². The summed E-state index contributed by atoms with van der Waals surface area (Å²) in [6, 6.07) is 9.19. The first kappa shape index (κ1) is 13.4. The summed E-state index contributed by atoms with van der Waals surface area (Å²) in [5.41, 5.74) is 2.29. The van der Waals surface area contributed by atoms with Crippen LogP contribution in [0.25, 0.3) is 0 Å². The molecule has 100 valence electrons. The van der Waals surface area contributed by atoms with Gasteiger partial charge in [0.05, 0.1) is 18.4 Å². The molecule has 0 saturated carbocycles. The van der Waals surface area contributed by atoms with Crippen LogP contribution >= 0.6 is 0 Å². The average Bonchev–Trinajstić information content (AvgIpc) is 2.80. The van der Waals surface area contributed by atoms with Crippen molar-refractivity contribution in [1.82, 2.24) is 4.90 Å². The Bertz CT molecular complexity index is 561. The topological polar surface area (TPSA) is 53.7 Å². The lowest BCUT2D eigenvalue weighted by atomic mass is 10.1. The van der Waals surface area contributed by atoms with E-state index in [1.54, 1.807) is 18.4 Å². The van der Waals surface area contributed by atoms with E-state index in [2.05, 4.69) is 4.90 Å². The first-order valence-corrected chi connectivity index (χ1v) is 6.09. The summed E-state index contributed by atoms with van der Waals surface area (Å²) in [5, 5.41) is 9.05. The first-order chi connectivity index (χ1) is 9.04. The maximum absolute atomic E-state index is 11.0. The number of carboxylic acid groups (broad SMARTS) is 1. The van der Waals surface area contributed by atoms with E-state index in [-0.39, 0.29) is 0 Å². The number of carbonyl (C=O) groups is 1. The Balaban J connectivity index is 2.08. The molecule has 0 amide bonds. The Morgan fingerprint density at radius 3 is 2.74 bits per heavy atom. The molecule has 1 aromatic carbocycles. The minimum absolute atomic E-state index is 0.335. The molecule has 1 aromatic heterocycles. The van der Waals surface area contributed by atoms with Gasteiger partial charge in [-0.25, -0.2) is 4.79 Å². The second kappa shape index (κ2) is 5.71. The van der Waals surface area contributed by atoms with Gasteiger partial charge in [-0.05, 0) is 49.4 Å². The van der Waals surface area contributed by atoms with Gasteiger partial charge in [0, 0.05) is 6.54 Å². The maximum Gasteiger partial charge on any atom is 0.335 e. The Hall–Kier alpha value is -2.07. The molecule has 0 fully saturated rings. The molecular weight excluding hydrogens is 242 g/mol. The Morgan fingerprint density at radius 1 is 1.32 bits per heavy atom. The van der Waals surface area contributed by atoms with Crippen molar-refractivity contribution in [2.75, 3.05) is 7.05 Å². The fourth-order valence-electron chi connectivity index (χ4n) is 2.11. The summed E-state index contributed by atoms with van der Waals surface area (Å²) in [4.78, 5) is 13.1. The Morgan fingerprint density at radius 2 is 2.11 bits per heavy atom. The summed E-state index contributed by atoms with van der Waals surface area (Å²) in [6.45, 7) is 3.29. The summed E-state index contributed by atoms with van der Waals surface area (Å²) in [7, 11) is 1.98. The van der Waals surface area contributed by atoms with E-state index in [9.17, 15) is 4.79 Å². The number of rotatable bonds is 5. The normalized spacial score (nSPS) is 10.9. The van der Waals surface area contributed by atoms with Crippen LogP contribution in [-0.2, 0) is 13.1 Å². The van der Waals surface area contributed by atoms with E-state index in [1.165, 1.54) is 0 Å². The van der Waals surface area contributed by atoms with Crippen molar-refractivity contribution >= 4 is 5.97 Å². The largest absolute Gasteiger partial charge is 0.478 e. The zero-order valence-corrected chi connectivity index (χ0v) is 11.1. The van der Waals surface area contributed by atoms with E-state index < -0.39 is 5.97 Å². The molecule has 0 bridgehead atoms.